The Morgan fingerprint density at radius 2 is 1.88 bits per heavy atom. The highest BCUT2D eigenvalue weighted by molar-refractivity contribution is 7.08. The van der Waals surface area contributed by atoms with Crippen molar-refractivity contribution in [1.82, 2.24) is 4.37 Å². The minimum atomic E-state index is 0.639. The molecule has 0 N–H and O–H groups in total. The molecule has 3 heteroatoms. The zero-order chi connectivity index (χ0) is 11.4. The first-order chi connectivity index (χ1) is 7.77. The molecule has 0 aliphatic rings. The molecule has 0 amide bonds. The van der Waals surface area contributed by atoms with Crippen LogP contribution in [0, 0.1) is 0 Å². The van der Waals surface area contributed by atoms with Gasteiger partial charge in [0.25, 0.3) is 0 Å². The molecule has 2 rings (SSSR count). The molecule has 2 heterocycles. The van der Waals surface area contributed by atoms with Crippen LogP contribution in [0.25, 0.3) is 0 Å². The van der Waals surface area contributed by atoms with Crippen LogP contribution in [-0.4, -0.2) is 4.37 Å². The van der Waals surface area contributed by atoms with Crippen LogP contribution < -0.4 is 0 Å². The van der Waals surface area contributed by atoms with Crippen molar-refractivity contribution in [2.24, 2.45) is 0 Å². The predicted octanol–water partition coefficient (Wildman–Crippen LogP) is 4.89. The Morgan fingerprint density at radius 3 is 2.44 bits per heavy atom. The molecule has 0 saturated carbocycles. The van der Waals surface area contributed by atoms with E-state index in [4.69, 9.17) is 0 Å². The van der Waals surface area contributed by atoms with E-state index in [0.29, 0.717) is 11.8 Å². The van der Waals surface area contributed by atoms with Crippen LogP contribution >= 0.6 is 22.9 Å². The molecule has 2 aromatic rings. The average molecular weight is 251 g/mol. The van der Waals surface area contributed by atoms with Gasteiger partial charge in [-0.1, -0.05) is 13.8 Å². The fraction of sp³-hybridized carbons (Fsp3) is 0.462. The van der Waals surface area contributed by atoms with E-state index < -0.39 is 0 Å². The SMILES string of the molecule is CC(CCC(C)c1cnsc1)c1ccsc1. The van der Waals surface area contributed by atoms with E-state index in [0.717, 1.165) is 0 Å². The summed E-state index contributed by atoms with van der Waals surface area (Å²) in [6.07, 6.45) is 4.51. The maximum Gasteiger partial charge on any atom is 0.0441 e. The van der Waals surface area contributed by atoms with Crippen molar-refractivity contribution >= 4 is 22.9 Å². The second-order valence-corrected chi connectivity index (χ2v) is 5.83. The molecule has 0 saturated heterocycles. The van der Waals surface area contributed by atoms with Gasteiger partial charge in [-0.2, -0.15) is 11.3 Å². The number of rotatable bonds is 5. The maximum absolute atomic E-state index is 4.16. The third-order valence-electron chi connectivity index (χ3n) is 3.17. The highest BCUT2D eigenvalue weighted by atomic mass is 32.1. The van der Waals surface area contributed by atoms with Gasteiger partial charge in [-0.15, -0.1) is 0 Å². The first-order valence-electron chi connectivity index (χ1n) is 5.68. The quantitative estimate of drug-likeness (QED) is 0.737. The van der Waals surface area contributed by atoms with E-state index in [1.54, 1.807) is 22.9 Å². The lowest BCUT2D eigenvalue weighted by Gasteiger charge is -2.13. The molecule has 2 aromatic heterocycles. The molecule has 0 bridgehead atoms. The number of hydrogen-bond acceptors (Lipinski definition) is 3. The number of thiophene rings is 1. The minimum absolute atomic E-state index is 0.639. The lowest BCUT2D eigenvalue weighted by atomic mass is 9.92. The first kappa shape index (κ1) is 11.8. The molecule has 16 heavy (non-hydrogen) atoms. The molecule has 0 spiro atoms. The van der Waals surface area contributed by atoms with Gasteiger partial charge in [-0.3, -0.25) is 0 Å². The van der Waals surface area contributed by atoms with Crippen LogP contribution in [0.15, 0.2) is 28.4 Å². The van der Waals surface area contributed by atoms with Gasteiger partial charge in [-0.25, -0.2) is 4.37 Å². The molecule has 1 nitrogen and oxygen atoms in total. The molecule has 0 aromatic carbocycles. The fourth-order valence-electron chi connectivity index (χ4n) is 1.85. The van der Waals surface area contributed by atoms with Crippen LogP contribution in [0.1, 0.15) is 49.7 Å². The van der Waals surface area contributed by atoms with E-state index >= 15 is 0 Å². The summed E-state index contributed by atoms with van der Waals surface area (Å²) in [5, 5.41) is 6.60. The molecule has 0 radical (unpaired) electrons. The maximum atomic E-state index is 4.16. The molecule has 86 valence electrons. The Bertz CT molecular complexity index is 351. The second-order valence-electron chi connectivity index (χ2n) is 4.39. The smallest absolute Gasteiger partial charge is 0.0441 e. The zero-order valence-electron chi connectivity index (χ0n) is 9.72. The van der Waals surface area contributed by atoms with E-state index in [9.17, 15) is 0 Å². The Hall–Kier alpha value is -0.670. The number of nitrogens with zero attached hydrogens (tertiary/aromatic N) is 1. The topological polar surface area (TPSA) is 12.9 Å². The summed E-state index contributed by atoms with van der Waals surface area (Å²) in [5.74, 6) is 1.32. The molecule has 2 atom stereocenters. The van der Waals surface area contributed by atoms with E-state index in [2.05, 4.69) is 40.4 Å². The number of hydrogen-bond donors (Lipinski definition) is 0. The molecule has 0 fully saturated rings. The summed E-state index contributed by atoms with van der Waals surface area (Å²) in [5.41, 5.74) is 2.88. The van der Waals surface area contributed by atoms with Crippen LogP contribution in [0.3, 0.4) is 0 Å². The third kappa shape index (κ3) is 2.92. The number of aromatic nitrogens is 1. The lowest BCUT2D eigenvalue weighted by molar-refractivity contribution is 0.575. The van der Waals surface area contributed by atoms with Gasteiger partial charge in [-0.05, 0) is 64.2 Å². The van der Waals surface area contributed by atoms with E-state index in [1.807, 2.05) is 6.20 Å². The normalized spacial score (nSPS) is 14.9. The van der Waals surface area contributed by atoms with Crippen LogP contribution in [0.4, 0.5) is 0 Å². The van der Waals surface area contributed by atoms with Gasteiger partial charge in [0, 0.05) is 11.6 Å². The second kappa shape index (κ2) is 5.60. The third-order valence-corrected chi connectivity index (χ3v) is 4.47. The Morgan fingerprint density at radius 1 is 1.12 bits per heavy atom. The van der Waals surface area contributed by atoms with Crippen molar-refractivity contribution in [3.8, 4) is 0 Å². The fourth-order valence-corrected chi connectivity index (χ4v) is 3.29. The van der Waals surface area contributed by atoms with Crippen molar-refractivity contribution in [3.05, 3.63) is 39.5 Å². The highest BCUT2D eigenvalue weighted by Crippen LogP contribution is 2.28. The summed E-state index contributed by atoms with van der Waals surface area (Å²) in [6.45, 7) is 4.62. The predicted molar refractivity (Wildman–Crippen MR) is 72.5 cm³/mol. The monoisotopic (exact) mass is 251 g/mol. The van der Waals surface area contributed by atoms with E-state index in [-0.39, 0.29) is 0 Å². The lowest BCUT2D eigenvalue weighted by Crippen LogP contribution is -1.97. The zero-order valence-corrected chi connectivity index (χ0v) is 11.4. The molecular formula is C13H17NS2. The molecule has 2 unspecified atom stereocenters. The van der Waals surface area contributed by atoms with Gasteiger partial charge in [0.15, 0.2) is 0 Å². The van der Waals surface area contributed by atoms with Gasteiger partial charge in [0.05, 0.1) is 0 Å². The standard InChI is InChI=1S/C13H17NS2/c1-10(12-5-6-15-8-12)3-4-11(2)13-7-14-16-9-13/h5-11H,3-4H2,1-2H3. The molecular weight excluding hydrogens is 234 g/mol. The van der Waals surface area contributed by atoms with Gasteiger partial charge in [0.1, 0.15) is 0 Å². The van der Waals surface area contributed by atoms with Gasteiger partial charge in [0.2, 0.25) is 0 Å². The van der Waals surface area contributed by atoms with Crippen molar-refractivity contribution in [2.45, 2.75) is 38.5 Å². The van der Waals surface area contributed by atoms with Crippen molar-refractivity contribution in [2.75, 3.05) is 0 Å². The van der Waals surface area contributed by atoms with Crippen LogP contribution in [0.5, 0.6) is 0 Å². The van der Waals surface area contributed by atoms with Crippen LogP contribution in [-0.2, 0) is 0 Å². The summed E-state index contributed by atoms with van der Waals surface area (Å²) in [4.78, 5) is 0. The Labute approximate surface area is 105 Å². The molecule has 0 aliphatic heterocycles. The largest absolute Gasteiger partial charge is 0.201 e. The summed E-state index contributed by atoms with van der Waals surface area (Å²) < 4.78 is 4.16. The molecule has 0 aliphatic carbocycles. The van der Waals surface area contributed by atoms with Crippen molar-refractivity contribution in [3.63, 3.8) is 0 Å². The average Bonchev–Trinajstić information content (AvgIpc) is 2.95. The van der Waals surface area contributed by atoms with Crippen LogP contribution in [0.2, 0.25) is 0 Å². The highest BCUT2D eigenvalue weighted by Gasteiger charge is 2.11. The minimum Gasteiger partial charge on any atom is -0.201 e. The van der Waals surface area contributed by atoms with Gasteiger partial charge >= 0.3 is 0 Å². The first-order valence-corrected chi connectivity index (χ1v) is 7.46. The Balaban J connectivity index is 1.84. The van der Waals surface area contributed by atoms with Crippen molar-refractivity contribution < 1.29 is 0 Å². The van der Waals surface area contributed by atoms with E-state index in [1.165, 1.54) is 24.0 Å². The van der Waals surface area contributed by atoms with Gasteiger partial charge < -0.3 is 0 Å². The summed E-state index contributed by atoms with van der Waals surface area (Å²) >= 11 is 3.34. The Kier molecular flexibility index (Phi) is 4.13. The van der Waals surface area contributed by atoms with Crippen molar-refractivity contribution in [1.29, 1.82) is 0 Å². The summed E-state index contributed by atoms with van der Waals surface area (Å²) in [6, 6.07) is 2.24. The summed E-state index contributed by atoms with van der Waals surface area (Å²) in [7, 11) is 0.